The molecule has 1 aromatic carbocycles. The van der Waals surface area contributed by atoms with Crippen LogP contribution in [0.15, 0.2) is 34.9 Å². The molecule has 0 radical (unpaired) electrons. The zero-order chi connectivity index (χ0) is 19.2. The van der Waals surface area contributed by atoms with Gasteiger partial charge in [-0.05, 0) is 31.5 Å². The SMILES string of the molecule is Cc1cc(NC(=O)[C@H](C)OC(=O)c2ccc(CN3CCOCC3)cc2)no1. The molecule has 1 saturated heterocycles. The number of hydrogen-bond acceptors (Lipinski definition) is 7. The van der Waals surface area contributed by atoms with E-state index < -0.39 is 18.0 Å². The molecular weight excluding hydrogens is 350 g/mol. The Balaban J connectivity index is 1.51. The first-order chi connectivity index (χ1) is 13.0. The number of rotatable bonds is 6. The number of carbonyl (C=O) groups excluding carboxylic acids is 2. The molecule has 1 amide bonds. The molecule has 2 aromatic rings. The number of benzene rings is 1. The summed E-state index contributed by atoms with van der Waals surface area (Å²) in [6, 6.07) is 8.80. The van der Waals surface area contributed by atoms with Crippen LogP contribution in [0.1, 0.15) is 28.6 Å². The first-order valence-electron chi connectivity index (χ1n) is 8.85. The summed E-state index contributed by atoms with van der Waals surface area (Å²) in [5, 5.41) is 6.21. The molecule has 1 atom stereocenters. The van der Waals surface area contributed by atoms with E-state index in [-0.39, 0.29) is 5.82 Å². The van der Waals surface area contributed by atoms with Crippen molar-refractivity contribution < 1.29 is 23.6 Å². The minimum Gasteiger partial charge on any atom is -0.449 e. The molecule has 1 aliphatic rings. The van der Waals surface area contributed by atoms with E-state index in [9.17, 15) is 9.59 Å². The van der Waals surface area contributed by atoms with E-state index in [1.165, 1.54) is 6.92 Å². The molecule has 3 rings (SSSR count). The fourth-order valence-electron chi connectivity index (χ4n) is 2.70. The second-order valence-corrected chi connectivity index (χ2v) is 6.45. The summed E-state index contributed by atoms with van der Waals surface area (Å²) >= 11 is 0. The van der Waals surface area contributed by atoms with Crippen molar-refractivity contribution in [2.24, 2.45) is 0 Å². The smallest absolute Gasteiger partial charge is 0.338 e. The number of nitrogens with zero attached hydrogens (tertiary/aromatic N) is 2. The normalized spacial score (nSPS) is 15.9. The zero-order valence-electron chi connectivity index (χ0n) is 15.4. The van der Waals surface area contributed by atoms with Crippen LogP contribution in [0, 0.1) is 6.92 Å². The summed E-state index contributed by atoms with van der Waals surface area (Å²) in [7, 11) is 0. The molecule has 1 N–H and O–H groups in total. The fraction of sp³-hybridized carbons (Fsp3) is 0.421. The number of amides is 1. The van der Waals surface area contributed by atoms with Gasteiger partial charge in [-0.25, -0.2) is 4.79 Å². The van der Waals surface area contributed by atoms with Gasteiger partial charge in [-0.2, -0.15) is 0 Å². The van der Waals surface area contributed by atoms with Crippen molar-refractivity contribution in [3.05, 3.63) is 47.2 Å². The predicted octanol–water partition coefficient (Wildman–Crippen LogP) is 2.00. The van der Waals surface area contributed by atoms with E-state index in [2.05, 4.69) is 15.4 Å². The highest BCUT2D eigenvalue weighted by atomic mass is 16.5. The maximum absolute atomic E-state index is 12.3. The third kappa shape index (κ3) is 5.38. The molecule has 0 unspecified atom stereocenters. The van der Waals surface area contributed by atoms with Crippen LogP contribution in [-0.2, 0) is 20.8 Å². The van der Waals surface area contributed by atoms with Crippen LogP contribution in [0.4, 0.5) is 5.82 Å². The van der Waals surface area contributed by atoms with Crippen LogP contribution >= 0.6 is 0 Å². The minimum absolute atomic E-state index is 0.285. The quantitative estimate of drug-likeness (QED) is 0.774. The molecule has 0 aliphatic carbocycles. The Morgan fingerprint density at radius 3 is 2.59 bits per heavy atom. The molecule has 0 bridgehead atoms. The highest BCUT2D eigenvalue weighted by Gasteiger charge is 2.20. The predicted molar refractivity (Wildman–Crippen MR) is 97.3 cm³/mol. The molecule has 1 aromatic heterocycles. The number of esters is 1. The van der Waals surface area contributed by atoms with Crippen LogP contribution in [0.3, 0.4) is 0 Å². The Hall–Kier alpha value is -2.71. The second kappa shape index (κ2) is 8.79. The van der Waals surface area contributed by atoms with Crippen molar-refractivity contribution in [3.8, 4) is 0 Å². The van der Waals surface area contributed by atoms with E-state index in [0.29, 0.717) is 11.3 Å². The van der Waals surface area contributed by atoms with Gasteiger partial charge in [0.2, 0.25) is 0 Å². The number of ether oxygens (including phenoxy) is 2. The lowest BCUT2D eigenvalue weighted by molar-refractivity contribution is -0.123. The highest BCUT2D eigenvalue weighted by Crippen LogP contribution is 2.12. The maximum atomic E-state index is 12.3. The second-order valence-electron chi connectivity index (χ2n) is 6.45. The van der Waals surface area contributed by atoms with E-state index in [4.69, 9.17) is 14.0 Å². The lowest BCUT2D eigenvalue weighted by atomic mass is 10.1. The number of aryl methyl sites for hydroxylation is 1. The number of nitrogens with one attached hydrogen (secondary N) is 1. The largest absolute Gasteiger partial charge is 0.449 e. The van der Waals surface area contributed by atoms with Crippen LogP contribution < -0.4 is 5.32 Å². The maximum Gasteiger partial charge on any atom is 0.338 e. The molecule has 1 fully saturated rings. The fourth-order valence-corrected chi connectivity index (χ4v) is 2.70. The average molecular weight is 373 g/mol. The van der Waals surface area contributed by atoms with Gasteiger partial charge in [0.25, 0.3) is 5.91 Å². The Labute approximate surface area is 157 Å². The van der Waals surface area contributed by atoms with Crippen molar-refractivity contribution in [1.82, 2.24) is 10.1 Å². The third-order valence-electron chi connectivity index (χ3n) is 4.23. The zero-order valence-corrected chi connectivity index (χ0v) is 15.4. The van der Waals surface area contributed by atoms with Crippen molar-refractivity contribution >= 4 is 17.7 Å². The number of anilines is 1. The van der Waals surface area contributed by atoms with Gasteiger partial charge in [-0.1, -0.05) is 17.3 Å². The van der Waals surface area contributed by atoms with E-state index >= 15 is 0 Å². The Kier molecular flexibility index (Phi) is 6.20. The number of carbonyl (C=O) groups is 2. The van der Waals surface area contributed by atoms with Crippen LogP contribution in [-0.4, -0.2) is 54.3 Å². The third-order valence-corrected chi connectivity index (χ3v) is 4.23. The molecule has 1 aliphatic heterocycles. The molecular formula is C19H23N3O5. The highest BCUT2D eigenvalue weighted by molar-refractivity contribution is 5.96. The minimum atomic E-state index is -0.956. The summed E-state index contributed by atoms with van der Waals surface area (Å²) < 4.78 is 15.4. The first-order valence-corrected chi connectivity index (χ1v) is 8.85. The van der Waals surface area contributed by atoms with E-state index in [0.717, 1.165) is 38.4 Å². The van der Waals surface area contributed by atoms with Gasteiger partial charge in [-0.15, -0.1) is 0 Å². The molecule has 8 nitrogen and oxygen atoms in total. The summed E-state index contributed by atoms with van der Waals surface area (Å²) in [6.07, 6.45) is -0.956. The molecule has 8 heteroatoms. The lowest BCUT2D eigenvalue weighted by Crippen LogP contribution is -2.35. The summed E-state index contributed by atoms with van der Waals surface area (Å²) in [4.78, 5) is 26.6. The molecule has 0 spiro atoms. The standard InChI is InChI=1S/C19H23N3O5/c1-13-11-17(21-27-13)20-18(23)14(2)26-19(24)16-5-3-15(4-6-16)12-22-7-9-25-10-8-22/h3-6,11,14H,7-10,12H2,1-2H3,(H,20,21,23)/t14-/m0/s1. The Bertz CT molecular complexity index is 781. The van der Waals surface area contributed by atoms with Gasteiger partial charge in [0.15, 0.2) is 11.9 Å². The monoisotopic (exact) mass is 373 g/mol. The van der Waals surface area contributed by atoms with Crippen LogP contribution in [0.25, 0.3) is 0 Å². The first kappa shape index (κ1) is 19.1. The van der Waals surface area contributed by atoms with E-state index in [1.807, 2.05) is 12.1 Å². The summed E-state index contributed by atoms with van der Waals surface area (Å²) in [5.74, 6) is -0.160. The van der Waals surface area contributed by atoms with Gasteiger partial charge in [0.05, 0.1) is 18.8 Å². The van der Waals surface area contributed by atoms with Gasteiger partial charge < -0.3 is 19.3 Å². The Morgan fingerprint density at radius 2 is 1.96 bits per heavy atom. The molecule has 2 heterocycles. The van der Waals surface area contributed by atoms with Gasteiger partial charge >= 0.3 is 5.97 Å². The Morgan fingerprint density at radius 1 is 1.26 bits per heavy atom. The van der Waals surface area contributed by atoms with Crippen LogP contribution in [0.5, 0.6) is 0 Å². The molecule has 27 heavy (non-hydrogen) atoms. The summed E-state index contributed by atoms with van der Waals surface area (Å²) in [6.45, 7) is 7.34. The van der Waals surface area contributed by atoms with Crippen LogP contribution in [0.2, 0.25) is 0 Å². The molecule has 144 valence electrons. The van der Waals surface area contributed by atoms with E-state index in [1.54, 1.807) is 25.1 Å². The number of aromatic nitrogens is 1. The molecule has 0 saturated carbocycles. The number of hydrogen-bond donors (Lipinski definition) is 1. The summed E-state index contributed by atoms with van der Waals surface area (Å²) in [5.41, 5.74) is 1.51. The van der Waals surface area contributed by atoms with Gasteiger partial charge in [-0.3, -0.25) is 9.69 Å². The average Bonchev–Trinajstić information content (AvgIpc) is 3.07. The lowest BCUT2D eigenvalue weighted by Gasteiger charge is -2.26. The topological polar surface area (TPSA) is 93.9 Å². The van der Waals surface area contributed by atoms with Gasteiger partial charge in [0.1, 0.15) is 5.76 Å². The van der Waals surface area contributed by atoms with Crippen molar-refractivity contribution in [2.45, 2.75) is 26.5 Å². The van der Waals surface area contributed by atoms with Crippen molar-refractivity contribution in [1.29, 1.82) is 0 Å². The number of morpholine rings is 1. The van der Waals surface area contributed by atoms with Crippen molar-refractivity contribution in [2.75, 3.05) is 31.6 Å². The van der Waals surface area contributed by atoms with Crippen molar-refractivity contribution in [3.63, 3.8) is 0 Å². The van der Waals surface area contributed by atoms with Gasteiger partial charge in [0, 0.05) is 25.7 Å².